The summed E-state index contributed by atoms with van der Waals surface area (Å²) in [4.78, 5) is 5.08. The smallest absolute Gasteiger partial charge is 0.252 e. The Hall–Kier alpha value is -7.88. The highest BCUT2D eigenvalue weighted by atomic mass is 15.2. The fraction of sp³-hybridized carbons (Fsp3) is 0. The summed E-state index contributed by atoms with van der Waals surface area (Å²) >= 11 is 0. The van der Waals surface area contributed by atoms with Crippen LogP contribution in [-0.4, -0.2) is 6.71 Å². The third-order valence-electron chi connectivity index (χ3n) is 13.1. The molecule has 0 N–H and O–H groups in total. The maximum Gasteiger partial charge on any atom is 0.252 e. The number of anilines is 6. The van der Waals surface area contributed by atoms with Gasteiger partial charge in [-0.25, -0.2) is 0 Å². The summed E-state index contributed by atoms with van der Waals surface area (Å²) in [6, 6.07) is 83.5. The minimum absolute atomic E-state index is 0.0277. The molecule has 0 aliphatic carbocycles. The Bertz CT molecular complexity index is 3350. The van der Waals surface area contributed by atoms with E-state index < -0.39 is 0 Å². The zero-order valence-electron chi connectivity index (χ0n) is 33.3. The average Bonchev–Trinajstić information content (AvgIpc) is 3.32. The van der Waals surface area contributed by atoms with Crippen molar-refractivity contribution in [3.8, 4) is 22.3 Å². The third kappa shape index (κ3) is 5.30. The zero-order valence-corrected chi connectivity index (χ0v) is 33.3. The highest BCUT2D eigenvalue weighted by Crippen LogP contribution is 2.48. The molecule has 2 aliphatic heterocycles. The van der Waals surface area contributed by atoms with E-state index in [1.165, 1.54) is 104 Å². The molecule has 61 heavy (non-hydrogen) atoms. The molecule has 0 amide bonds. The number of hydrogen-bond donors (Lipinski definition) is 0. The van der Waals surface area contributed by atoms with Crippen molar-refractivity contribution in [3.63, 3.8) is 0 Å². The molecule has 0 bridgehead atoms. The van der Waals surface area contributed by atoms with Crippen LogP contribution in [0, 0.1) is 0 Å². The molecule has 0 atom stereocenters. The maximum atomic E-state index is 2.54. The van der Waals surface area contributed by atoms with Crippen molar-refractivity contribution in [1.29, 1.82) is 0 Å². The summed E-state index contributed by atoms with van der Waals surface area (Å²) < 4.78 is 0. The lowest BCUT2D eigenvalue weighted by Gasteiger charge is -2.44. The van der Waals surface area contributed by atoms with Gasteiger partial charge in [-0.15, -0.1) is 0 Å². The number of benzene rings is 11. The SMILES string of the molecule is c1ccc(-c2ccccc2-c2cc3c4c(c2)N(c2ccccc2)c2cc5cc6ccccc6cc5cc2B4c2cc4cc5ccccc5cc4cc2N3c2ccccc2)cc1. The first kappa shape index (κ1) is 34.0. The fourth-order valence-corrected chi connectivity index (χ4v) is 10.3. The number of rotatable bonds is 4. The van der Waals surface area contributed by atoms with Crippen LogP contribution in [-0.2, 0) is 0 Å². The summed E-state index contributed by atoms with van der Waals surface area (Å²) in [7, 11) is 0. The van der Waals surface area contributed by atoms with Gasteiger partial charge in [-0.2, -0.15) is 0 Å². The van der Waals surface area contributed by atoms with Crippen LogP contribution in [0.1, 0.15) is 0 Å². The molecule has 3 heteroatoms. The van der Waals surface area contributed by atoms with E-state index in [1.54, 1.807) is 0 Å². The Morgan fingerprint density at radius 2 is 0.623 bits per heavy atom. The molecule has 0 saturated heterocycles. The van der Waals surface area contributed by atoms with Crippen LogP contribution in [0.3, 0.4) is 0 Å². The number of nitrogens with zero attached hydrogens (tertiary/aromatic N) is 2. The van der Waals surface area contributed by atoms with Crippen molar-refractivity contribution in [2.24, 2.45) is 0 Å². The van der Waals surface area contributed by atoms with Crippen molar-refractivity contribution in [2.75, 3.05) is 9.80 Å². The molecule has 0 spiro atoms. The summed E-state index contributed by atoms with van der Waals surface area (Å²) in [5, 5.41) is 9.99. The van der Waals surface area contributed by atoms with Gasteiger partial charge in [-0.3, -0.25) is 0 Å². The van der Waals surface area contributed by atoms with Crippen LogP contribution in [0.2, 0.25) is 0 Å². The molecule has 13 rings (SSSR count). The van der Waals surface area contributed by atoms with E-state index in [9.17, 15) is 0 Å². The molecule has 2 aliphatic rings. The van der Waals surface area contributed by atoms with Crippen molar-refractivity contribution < 1.29 is 0 Å². The van der Waals surface area contributed by atoms with Crippen molar-refractivity contribution in [1.82, 2.24) is 0 Å². The Labute approximate surface area is 355 Å². The van der Waals surface area contributed by atoms with Gasteiger partial charge in [0.2, 0.25) is 0 Å². The first-order valence-corrected chi connectivity index (χ1v) is 21.2. The lowest BCUT2D eigenvalue weighted by molar-refractivity contribution is 1.26. The minimum Gasteiger partial charge on any atom is -0.311 e. The van der Waals surface area contributed by atoms with Gasteiger partial charge in [-0.1, -0.05) is 152 Å². The molecular weight excluding hydrogens is 735 g/mol. The molecule has 11 aromatic rings. The molecule has 0 fully saturated rings. The van der Waals surface area contributed by atoms with Crippen LogP contribution in [0.5, 0.6) is 0 Å². The normalized spacial score (nSPS) is 12.8. The van der Waals surface area contributed by atoms with Crippen molar-refractivity contribution in [3.05, 3.63) is 224 Å². The summed E-state index contributed by atoms with van der Waals surface area (Å²) in [6.45, 7) is -0.0277. The predicted octanol–water partition coefficient (Wildman–Crippen LogP) is 13.7. The summed E-state index contributed by atoms with van der Waals surface area (Å²) in [5.41, 5.74) is 15.8. The third-order valence-corrected chi connectivity index (χ3v) is 13.1. The van der Waals surface area contributed by atoms with E-state index >= 15 is 0 Å². The second-order valence-corrected chi connectivity index (χ2v) is 16.5. The van der Waals surface area contributed by atoms with Gasteiger partial charge >= 0.3 is 0 Å². The first-order chi connectivity index (χ1) is 30.2. The molecule has 0 unspecified atom stereocenters. The zero-order chi connectivity index (χ0) is 40.0. The molecule has 282 valence electrons. The molecule has 0 saturated carbocycles. The number of para-hydroxylation sites is 2. The van der Waals surface area contributed by atoms with Crippen molar-refractivity contribution >= 4 is 100 Å². The van der Waals surface area contributed by atoms with Gasteiger partial charge in [0.1, 0.15) is 0 Å². The van der Waals surface area contributed by atoms with Crippen molar-refractivity contribution in [2.45, 2.75) is 0 Å². The lowest BCUT2D eigenvalue weighted by Crippen LogP contribution is -2.61. The molecular formula is C58H37BN2. The second kappa shape index (κ2) is 13.3. The highest BCUT2D eigenvalue weighted by molar-refractivity contribution is 7.00. The van der Waals surface area contributed by atoms with E-state index in [-0.39, 0.29) is 6.71 Å². The van der Waals surface area contributed by atoms with Crippen LogP contribution in [0.4, 0.5) is 34.1 Å². The van der Waals surface area contributed by atoms with Gasteiger partial charge in [0.15, 0.2) is 0 Å². The Morgan fingerprint density at radius 1 is 0.262 bits per heavy atom. The minimum atomic E-state index is -0.0277. The van der Waals surface area contributed by atoms with Gasteiger partial charge in [0.05, 0.1) is 0 Å². The van der Waals surface area contributed by atoms with Gasteiger partial charge < -0.3 is 9.80 Å². The van der Waals surface area contributed by atoms with Gasteiger partial charge in [-0.05, 0) is 155 Å². The van der Waals surface area contributed by atoms with E-state index in [0.29, 0.717) is 0 Å². The van der Waals surface area contributed by atoms with E-state index in [4.69, 9.17) is 0 Å². The molecule has 0 aromatic heterocycles. The molecule has 2 nitrogen and oxygen atoms in total. The van der Waals surface area contributed by atoms with Crippen LogP contribution in [0.25, 0.3) is 65.3 Å². The van der Waals surface area contributed by atoms with E-state index in [1.807, 2.05) is 0 Å². The average molecular weight is 773 g/mol. The molecule has 0 radical (unpaired) electrons. The Balaban J connectivity index is 1.19. The number of fused-ring (bicyclic) bond motifs is 8. The highest BCUT2D eigenvalue weighted by Gasteiger charge is 2.44. The van der Waals surface area contributed by atoms with Gasteiger partial charge in [0, 0.05) is 34.1 Å². The number of hydrogen-bond acceptors (Lipinski definition) is 2. The standard InChI is InChI=1S/C58H37BN2/c1-4-16-38(17-5-1)50-26-14-15-27-51(50)47-36-56-58-57(37-47)61(49-24-8-3-9-25-49)55-35-46-31-42-21-13-11-19-40(42)29-44(46)33-53(55)59(58)52-32-43-28-39-18-10-12-20-41(39)30-45(43)34-54(52)60(56)48-22-6-2-7-23-48/h1-37H. The van der Waals surface area contributed by atoms with Crippen LogP contribution in [0.15, 0.2) is 224 Å². The Morgan fingerprint density at radius 3 is 1.07 bits per heavy atom. The second-order valence-electron chi connectivity index (χ2n) is 16.5. The largest absolute Gasteiger partial charge is 0.311 e. The molecule has 11 aromatic carbocycles. The lowest BCUT2D eigenvalue weighted by atomic mass is 9.33. The Kier molecular flexibility index (Phi) is 7.43. The quantitative estimate of drug-likeness (QED) is 0.130. The monoisotopic (exact) mass is 772 g/mol. The summed E-state index contributed by atoms with van der Waals surface area (Å²) in [5.74, 6) is 0. The topological polar surface area (TPSA) is 6.48 Å². The predicted molar refractivity (Wildman–Crippen MR) is 261 cm³/mol. The summed E-state index contributed by atoms with van der Waals surface area (Å²) in [6.07, 6.45) is 0. The maximum absolute atomic E-state index is 2.54. The van der Waals surface area contributed by atoms with Crippen LogP contribution >= 0.6 is 0 Å². The fourth-order valence-electron chi connectivity index (χ4n) is 10.3. The van der Waals surface area contributed by atoms with Gasteiger partial charge in [0.25, 0.3) is 6.71 Å². The van der Waals surface area contributed by atoms with E-state index in [2.05, 4.69) is 234 Å². The first-order valence-electron chi connectivity index (χ1n) is 21.2. The van der Waals surface area contributed by atoms with Crippen LogP contribution < -0.4 is 26.2 Å². The van der Waals surface area contributed by atoms with E-state index in [0.717, 1.165) is 11.4 Å². The molecule has 2 heterocycles.